The van der Waals surface area contributed by atoms with E-state index < -0.39 is 23.5 Å². The van der Waals surface area contributed by atoms with Crippen LogP contribution in [0.4, 0.5) is 10.1 Å². The topological polar surface area (TPSA) is 73.4 Å². The van der Waals surface area contributed by atoms with Crippen LogP contribution in [0, 0.1) is 5.82 Å². The van der Waals surface area contributed by atoms with Gasteiger partial charge in [-0.05, 0) is 42.5 Å². The number of rotatable bonds is 3. The largest absolute Gasteiger partial charge is 0.507 e. The molecule has 0 bridgehead atoms. The molecule has 2 heterocycles. The van der Waals surface area contributed by atoms with E-state index in [1.165, 1.54) is 35.2 Å². The van der Waals surface area contributed by atoms with Crippen LogP contribution in [0.5, 0.6) is 0 Å². The number of anilines is 1. The number of nitrogens with zero attached hydrogens (tertiary/aromatic N) is 1. The summed E-state index contributed by atoms with van der Waals surface area (Å²) in [7, 11) is 0. The number of benzene rings is 3. The average molecular weight is 447 g/mol. The van der Waals surface area contributed by atoms with Gasteiger partial charge in [-0.25, -0.2) is 4.39 Å². The van der Waals surface area contributed by atoms with Gasteiger partial charge in [0.2, 0.25) is 0 Å². The van der Waals surface area contributed by atoms with E-state index >= 15 is 0 Å². The van der Waals surface area contributed by atoms with Crippen molar-refractivity contribution in [1.82, 2.24) is 4.98 Å². The molecule has 158 valence electrons. The molecular formula is C25H16ClFN2O3. The molecule has 1 aliphatic rings. The number of Topliss-reactive ketones (excluding diaryl/α,β-unsaturated/α-hetero) is 1. The number of fused-ring (bicyclic) bond motifs is 1. The Bertz CT molecular complexity index is 1410. The van der Waals surface area contributed by atoms with Crippen LogP contribution < -0.4 is 4.90 Å². The van der Waals surface area contributed by atoms with Crippen molar-refractivity contribution in [2.24, 2.45) is 0 Å². The predicted octanol–water partition coefficient (Wildman–Crippen LogP) is 5.59. The van der Waals surface area contributed by atoms with Crippen LogP contribution in [0.1, 0.15) is 17.2 Å². The van der Waals surface area contributed by atoms with Crippen LogP contribution >= 0.6 is 11.6 Å². The molecule has 1 amide bonds. The van der Waals surface area contributed by atoms with E-state index in [0.29, 0.717) is 21.8 Å². The molecule has 0 radical (unpaired) electrons. The number of amides is 1. The van der Waals surface area contributed by atoms with Crippen LogP contribution in [0.3, 0.4) is 0 Å². The number of nitrogens with one attached hydrogen (secondary N) is 1. The van der Waals surface area contributed by atoms with Crippen LogP contribution in [0.25, 0.3) is 16.7 Å². The van der Waals surface area contributed by atoms with Gasteiger partial charge in [0, 0.05) is 38.9 Å². The van der Waals surface area contributed by atoms with Crippen LogP contribution in [-0.2, 0) is 9.59 Å². The number of aliphatic hydroxyl groups excluding tert-OH is 1. The number of carbonyl (C=O) groups is 2. The van der Waals surface area contributed by atoms with Gasteiger partial charge in [0.1, 0.15) is 11.6 Å². The van der Waals surface area contributed by atoms with E-state index in [1.807, 2.05) is 24.3 Å². The molecule has 0 spiro atoms. The first kappa shape index (κ1) is 20.0. The molecular weight excluding hydrogens is 431 g/mol. The van der Waals surface area contributed by atoms with E-state index in [1.54, 1.807) is 24.4 Å². The fraction of sp³-hybridized carbons (Fsp3) is 0.0400. The van der Waals surface area contributed by atoms with Crippen molar-refractivity contribution in [2.75, 3.05) is 4.90 Å². The number of H-pyrrole nitrogens is 1. The Hall–Kier alpha value is -3.90. The first-order chi connectivity index (χ1) is 15.5. The molecule has 4 aromatic rings. The van der Waals surface area contributed by atoms with Gasteiger partial charge in [-0.3, -0.25) is 14.5 Å². The molecule has 0 saturated carbocycles. The average Bonchev–Trinajstić information content (AvgIpc) is 3.33. The van der Waals surface area contributed by atoms with Gasteiger partial charge in [0.15, 0.2) is 0 Å². The van der Waals surface area contributed by atoms with E-state index in [-0.39, 0.29) is 11.3 Å². The third kappa shape index (κ3) is 3.16. The monoisotopic (exact) mass is 446 g/mol. The highest BCUT2D eigenvalue weighted by Crippen LogP contribution is 2.44. The van der Waals surface area contributed by atoms with E-state index in [9.17, 15) is 19.1 Å². The van der Waals surface area contributed by atoms with E-state index in [0.717, 1.165) is 10.9 Å². The van der Waals surface area contributed by atoms with Gasteiger partial charge in [0.05, 0.1) is 11.6 Å². The number of carbonyl (C=O) groups excluding carboxylic acids is 2. The lowest BCUT2D eigenvalue weighted by Crippen LogP contribution is -2.29. The number of hydrogen-bond acceptors (Lipinski definition) is 3. The van der Waals surface area contributed by atoms with Gasteiger partial charge in [-0.2, -0.15) is 0 Å². The summed E-state index contributed by atoms with van der Waals surface area (Å²) in [6.07, 6.45) is 1.71. The Morgan fingerprint density at radius 1 is 1.00 bits per heavy atom. The van der Waals surface area contributed by atoms with Crippen molar-refractivity contribution in [2.45, 2.75) is 6.04 Å². The molecule has 2 N–H and O–H groups in total. The van der Waals surface area contributed by atoms with Crippen molar-refractivity contribution in [3.63, 3.8) is 0 Å². The first-order valence-corrected chi connectivity index (χ1v) is 10.2. The summed E-state index contributed by atoms with van der Waals surface area (Å²) in [5, 5.41) is 12.3. The zero-order valence-corrected chi connectivity index (χ0v) is 17.3. The Kier molecular flexibility index (Phi) is 4.79. The van der Waals surface area contributed by atoms with Gasteiger partial charge < -0.3 is 10.1 Å². The summed E-state index contributed by atoms with van der Waals surface area (Å²) in [5.74, 6) is -2.43. The summed E-state index contributed by atoms with van der Waals surface area (Å²) < 4.78 is 13.6. The molecule has 1 fully saturated rings. The van der Waals surface area contributed by atoms with Crippen molar-refractivity contribution < 1.29 is 19.1 Å². The maximum absolute atomic E-state index is 13.6. The van der Waals surface area contributed by atoms with E-state index in [2.05, 4.69) is 4.98 Å². The lowest BCUT2D eigenvalue weighted by atomic mass is 9.94. The van der Waals surface area contributed by atoms with Crippen molar-refractivity contribution in [1.29, 1.82) is 0 Å². The smallest absolute Gasteiger partial charge is 0.300 e. The van der Waals surface area contributed by atoms with Crippen molar-refractivity contribution in [3.05, 3.63) is 107 Å². The van der Waals surface area contributed by atoms with Gasteiger partial charge in [-0.15, -0.1) is 0 Å². The fourth-order valence-electron chi connectivity index (χ4n) is 4.11. The lowest BCUT2D eigenvalue weighted by molar-refractivity contribution is -0.132. The minimum absolute atomic E-state index is 0.0636. The summed E-state index contributed by atoms with van der Waals surface area (Å²) in [6.45, 7) is 0. The number of hydrogen-bond donors (Lipinski definition) is 2. The molecule has 1 unspecified atom stereocenters. The molecule has 32 heavy (non-hydrogen) atoms. The SMILES string of the molecule is O=C1C(=O)N(c2ccc(F)cc2)C(c2c[nH]c3ccccc23)/C1=C(\O)c1cccc(Cl)c1. The number of halogens is 2. The Labute approximate surface area is 187 Å². The second-order valence-corrected chi connectivity index (χ2v) is 7.88. The van der Waals surface area contributed by atoms with Gasteiger partial charge in [-0.1, -0.05) is 41.9 Å². The third-order valence-corrected chi connectivity index (χ3v) is 5.80. The molecule has 1 saturated heterocycles. The summed E-state index contributed by atoms with van der Waals surface area (Å²) >= 11 is 6.08. The lowest BCUT2D eigenvalue weighted by Gasteiger charge is -2.25. The molecule has 5 rings (SSSR count). The highest BCUT2D eigenvalue weighted by Gasteiger charge is 2.47. The molecule has 1 atom stereocenters. The fourth-order valence-corrected chi connectivity index (χ4v) is 4.30. The highest BCUT2D eigenvalue weighted by molar-refractivity contribution is 6.52. The highest BCUT2D eigenvalue weighted by atomic mass is 35.5. The second-order valence-electron chi connectivity index (χ2n) is 7.45. The number of aliphatic hydroxyl groups is 1. The quantitative estimate of drug-likeness (QED) is 0.245. The molecule has 0 aliphatic carbocycles. The predicted molar refractivity (Wildman–Crippen MR) is 121 cm³/mol. The van der Waals surface area contributed by atoms with E-state index in [4.69, 9.17) is 11.6 Å². The Morgan fingerprint density at radius 3 is 2.50 bits per heavy atom. The second kappa shape index (κ2) is 7.66. The van der Waals surface area contributed by atoms with Crippen molar-refractivity contribution >= 4 is 45.6 Å². The maximum atomic E-state index is 13.6. The number of para-hydroxylation sites is 1. The van der Waals surface area contributed by atoms with Gasteiger partial charge >= 0.3 is 0 Å². The maximum Gasteiger partial charge on any atom is 0.300 e. The van der Waals surface area contributed by atoms with Crippen LogP contribution in [0.15, 0.2) is 84.6 Å². The molecule has 1 aliphatic heterocycles. The first-order valence-electron chi connectivity index (χ1n) is 9.84. The number of aromatic nitrogens is 1. The number of aromatic amines is 1. The molecule has 5 nitrogen and oxygen atoms in total. The Balaban J connectivity index is 1.78. The summed E-state index contributed by atoms with van der Waals surface area (Å²) in [6, 6.07) is 18.3. The summed E-state index contributed by atoms with van der Waals surface area (Å²) in [4.78, 5) is 30.8. The Morgan fingerprint density at radius 2 is 1.75 bits per heavy atom. The molecule has 3 aromatic carbocycles. The number of ketones is 1. The standard InChI is InChI=1S/C25H16ClFN2O3/c26-15-5-3-4-14(12-15)23(30)21-22(19-13-28-20-7-2-1-6-18(19)20)29(25(32)24(21)31)17-10-8-16(27)9-11-17/h1-13,22,28,30H/b23-21+. The van der Waals surface area contributed by atoms with Crippen LogP contribution in [0.2, 0.25) is 5.02 Å². The van der Waals surface area contributed by atoms with Crippen molar-refractivity contribution in [3.8, 4) is 0 Å². The summed E-state index contributed by atoms with van der Waals surface area (Å²) in [5.41, 5.74) is 2.04. The molecule has 1 aromatic heterocycles. The zero-order valence-electron chi connectivity index (χ0n) is 16.5. The third-order valence-electron chi connectivity index (χ3n) is 5.56. The molecule has 7 heteroatoms. The zero-order chi connectivity index (χ0) is 22.4. The normalized spacial score (nSPS) is 17.9. The minimum atomic E-state index is -0.921. The van der Waals surface area contributed by atoms with Gasteiger partial charge in [0.25, 0.3) is 11.7 Å². The minimum Gasteiger partial charge on any atom is -0.507 e. The van der Waals surface area contributed by atoms with Crippen LogP contribution in [-0.4, -0.2) is 21.8 Å².